The summed E-state index contributed by atoms with van der Waals surface area (Å²) >= 11 is 7.61. The van der Waals surface area contributed by atoms with E-state index in [4.69, 9.17) is 21.4 Å². The molecular weight excluding hydrogens is 374 g/mol. The lowest BCUT2D eigenvalue weighted by molar-refractivity contribution is -0.141. The highest BCUT2D eigenvalue weighted by atomic mass is 35.5. The maximum Gasteiger partial charge on any atom is 0.306 e. The molecule has 0 aliphatic carbocycles. The number of morpholine rings is 1. The fraction of sp³-hybridized carbons (Fsp3) is 0.263. The Hall–Kier alpha value is -2.02. The SMILES string of the molecule is O=C(O)CC1CN(C(=O)c2cc(Cl)ccc2Sc2ccccc2)CCO1. The van der Waals surface area contributed by atoms with Gasteiger partial charge < -0.3 is 14.7 Å². The predicted molar refractivity (Wildman–Crippen MR) is 99.9 cm³/mol. The number of benzene rings is 2. The van der Waals surface area contributed by atoms with Crippen molar-refractivity contribution < 1.29 is 19.4 Å². The van der Waals surface area contributed by atoms with Crippen LogP contribution in [0.5, 0.6) is 0 Å². The van der Waals surface area contributed by atoms with E-state index in [0.717, 1.165) is 9.79 Å². The van der Waals surface area contributed by atoms with Crippen molar-refractivity contribution in [1.82, 2.24) is 4.90 Å². The molecule has 3 rings (SSSR count). The quantitative estimate of drug-likeness (QED) is 0.839. The zero-order chi connectivity index (χ0) is 18.5. The van der Waals surface area contributed by atoms with E-state index >= 15 is 0 Å². The minimum atomic E-state index is -0.938. The van der Waals surface area contributed by atoms with Crippen LogP contribution in [0.25, 0.3) is 0 Å². The molecule has 1 unspecified atom stereocenters. The van der Waals surface area contributed by atoms with Crippen LogP contribution in [0.15, 0.2) is 58.3 Å². The van der Waals surface area contributed by atoms with Crippen LogP contribution < -0.4 is 0 Å². The second-order valence-corrected chi connectivity index (χ2v) is 7.45. The minimum absolute atomic E-state index is 0.120. The van der Waals surface area contributed by atoms with Crippen LogP contribution in [-0.4, -0.2) is 47.7 Å². The summed E-state index contributed by atoms with van der Waals surface area (Å²) in [6.45, 7) is 1.01. The summed E-state index contributed by atoms with van der Waals surface area (Å²) in [5, 5.41) is 9.44. The van der Waals surface area contributed by atoms with Gasteiger partial charge in [-0.05, 0) is 30.3 Å². The molecule has 1 fully saturated rings. The highest BCUT2D eigenvalue weighted by molar-refractivity contribution is 7.99. The summed E-state index contributed by atoms with van der Waals surface area (Å²) in [6, 6.07) is 15.0. The molecule has 2 aromatic carbocycles. The first-order valence-electron chi connectivity index (χ1n) is 8.18. The molecule has 0 spiro atoms. The molecule has 1 saturated heterocycles. The van der Waals surface area contributed by atoms with E-state index in [1.807, 2.05) is 36.4 Å². The molecule has 1 amide bonds. The third-order valence-corrected chi connectivity index (χ3v) is 5.29. The minimum Gasteiger partial charge on any atom is -0.481 e. The number of aliphatic carboxylic acids is 1. The van der Waals surface area contributed by atoms with Gasteiger partial charge in [-0.2, -0.15) is 0 Å². The average Bonchev–Trinajstić information content (AvgIpc) is 2.63. The van der Waals surface area contributed by atoms with Gasteiger partial charge in [0.05, 0.1) is 24.7 Å². The molecule has 0 saturated carbocycles. The molecule has 5 nitrogen and oxygen atoms in total. The number of carboxylic acid groups (broad SMARTS) is 1. The maximum absolute atomic E-state index is 13.0. The summed E-state index contributed by atoms with van der Waals surface area (Å²) in [5.41, 5.74) is 0.516. The Morgan fingerprint density at radius 1 is 1.23 bits per heavy atom. The summed E-state index contributed by atoms with van der Waals surface area (Å²) in [7, 11) is 0. The number of rotatable bonds is 5. The first kappa shape index (κ1) is 18.8. The van der Waals surface area contributed by atoms with E-state index < -0.39 is 12.1 Å². The fourth-order valence-corrected chi connectivity index (χ4v) is 3.88. The van der Waals surface area contributed by atoms with Crippen LogP contribution in [0.3, 0.4) is 0 Å². The van der Waals surface area contributed by atoms with Gasteiger partial charge in [-0.1, -0.05) is 41.6 Å². The zero-order valence-electron chi connectivity index (χ0n) is 13.9. The van der Waals surface area contributed by atoms with Gasteiger partial charge in [0.25, 0.3) is 5.91 Å². The normalized spacial score (nSPS) is 17.1. The summed E-state index contributed by atoms with van der Waals surface area (Å²) < 4.78 is 5.45. The lowest BCUT2D eigenvalue weighted by Crippen LogP contribution is -2.46. The van der Waals surface area contributed by atoms with Crippen LogP contribution in [0.1, 0.15) is 16.8 Å². The number of carboxylic acids is 1. The van der Waals surface area contributed by atoms with Crippen molar-refractivity contribution >= 4 is 35.2 Å². The van der Waals surface area contributed by atoms with Crippen LogP contribution in [0.2, 0.25) is 5.02 Å². The van der Waals surface area contributed by atoms with Crippen molar-refractivity contribution in [2.45, 2.75) is 22.3 Å². The van der Waals surface area contributed by atoms with Crippen LogP contribution >= 0.6 is 23.4 Å². The van der Waals surface area contributed by atoms with Gasteiger partial charge in [0.1, 0.15) is 0 Å². The molecule has 1 aliphatic rings. The van der Waals surface area contributed by atoms with Gasteiger partial charge in [-0.15, -0.1) is 0 Å². The average molecular weight is 392 g/mol. The highest BCUT2D eigenvalue weighted by Crippen LogP contribution is 2.33. The van der Waals surface area contributed by atoms with Crippen molar-refractivity contribution in [1.29, 1.82) is 0 Å². The number of carbonyl (C=O) groups excluding carboxylic acids is 1. The van der Waals surface area contributed by atoms with Gasteiger partial charge in [-0.25, -0.2) is 0 Å². The molecule has 1 atom stereocenters. The Kier molecular flexibility index (Phi) is 6.19. The number of amides is 1. The van der Waals surface area contributed by atoms with E-state index in [1.165, 1.54) is 11.8 Å². The standard InChI is InChI=1S/C19H18ClNO4S/c20-13-6-7-17(26-15-4-2-1-3-5-15)16(10-13)19(24)21-8-9-25-14(12-21)11-18(22)23/h1-7,10,14H,8-9,11-12H2,(H,22,23). The van der Waals surface area contributed by atoms with Gasteiger partial charge in [0.2, 0.25) is 0 Å². The van der Waals surface area contributed by atoms with Crippen LogP contribution in [0.4, 0.5) is 0 Å². The van der Waals surface area contributed by atoms with Gasteiger partial charge in [0, 0.05) is 27.9 Å². The second kappa shape index (κ2) is 8.58. The lowest BCUT2D eigenvalue weighted by atomic mass is 10.1. The van der Waals surface area contributed by atoms with Crippen molar-refractivity contribution in [3.63, 3.8) is 0 Å². The molecule has 1 aliphatic heterocycles. The number of halogens is 1. The van der Waals surface area contributed by atoms with E-state index in [2.05, 4.69) is 0 Å². The van der Waals surface area contributed by atoms with Gasteiger partial charge in [0.15, 0.2) is 0 Å². The van der Waals surface area contributed by atoms with Crippen molar-refractivity contribution in [2.75, 3.05) is 19.7 Å². The molecule has 2 aromatic rings. The molecule has 1 heterocycles. The zero-order valence-corrected chi connectivity index (χ0v) is 15.5. The van der Waals surface area contributed by atoms with E-state index in [-0.39, 0.29) is 18.9 Å². The third kappa shape index (κ3) is 4.78. The van der Waals surface area contributed by atoms with E-state index in [1.54, 1.807) is 17.0 Å². The fourth-order valence-electron chi connectivity index (χ4n) is 2.77. The van der Waals surface area contributed by atoms with Crippen LogP contribution in [0, 0.1) is 0 Å². The first-order valence-corrected chi connectivity index (χ1v) is 9.37. The topological polar surface area (TPSA) is 66.8 Å². The van der Waals surface area contributed by atoms with Crippen molar-refractivity contribution in [3.8, 4) is 0 Å². The lowest BCUT2D eigenvalue weighted by Gasteiger charge is -2.32. The Labute approximate surface area is 160 Å². The molecule has 1 N–H and O–H groups in total. The summed E-state index contributed by atoms with van der Waals surface area (Å²) in [5.74, 6) is -1.10. The van der Waals surface area contributed by atoms with E-state index in [9.17, 15) is 9.59 Å². The number of hydrogen-bond acceptors (Lipinski definition) is 4. The first-order chi connectivity index (χ1) is 12.5. The largest absolute Gasteiger partial charge is 0.481 e. The number of nitrogens with zero attached hydrogens (tertiary/aromatic N) is 1. The molecule has 26 heavy (non-hydrogen) atoms. The predicted octanol–water partition coefficient (Wildman–Crippen LogP) is 3.81. The molecule has 136 valence electrons. The smallest absolute Gasteiger partial charge is 0.306 e. The molecule has 0 radical (unpaired) electrons. The molecule has 0 aromatic heterocycles. The second-order valence-electron chi connectivity index (χ2n) is 5.90. The number of hydrogen-bond donors (Lipinski definition) is 1. The van der Waals surface area contributed by atoms with Crippen molar-refractivity contribution in [3.05, 3.63) is 59.1 Å². The Morgan fingerprint density at radius 3 is 2.73 bits per heavy atom. The molecule has 0 bridgehead atoms. The van der Waals surface area contributed by atoms with Crippen molar-refractivity contribution in [2.24, 2.45) is 0 Å². The number of carbonyl (C=O) groups is 2. The third-order valence-electron chi connectivity index (χ3n) is 3.97. The molecular formula is C19H18ClNO4S. The number of ether oxygens (including phenoxy) is 1. The van der Waals surface area contributed by atoms with Crippen LogP contribution in [-0.2, 0) is 9.53 Å². The summed E-state index contributed by atoms with van der Waals surface area (Å²) in [4.78, 5) is 27.4. The maximum atomic E-state index is 13.0. The highest BCUT2D eigenvalue weighted by Gasteiger charge is 2.28. The van der Waals surface area contributed by atoms with Gasteiger partial charge >= 0.3 is 5.97 Å². The Balaban J connectivity index is 1.82. The Bertz CT molecular complexity index is 799. The van der Waals surface area contributed by atoms with E-state index in [0.29, 0.717) is 23.7 Å². The molecule has 7 heteroatoms. The Morgan fingerprint density at radius 2 is 2.00 bits per heavy atom. The van der Waals surface area contributed by atoms with Gasteiger partial charge in [-0.3, -0.25) is 9.59 Å². The monoisotopic (exact) mass is 391 g/mol. The summed E-state index contributed by atoms with van der Waals surface area (Å²) in [6.07, 6.45) is -0.611.